The van der Waals surface area contributed by atoms with E-state index in [0.717, 1.165) is 19.3 Å². The average Bonchev–Trinajstić information content (AvgIpc) is 2.08. The first kappa shape index (κ1) is 10.7. The molecule has 13 heavy (non-hydrogen) atoms. The van der Waals surface area contributed by atoms with E-state index in [-0.39, 0.29) is 5.82 Å². The van der Waals surface area contributed by atoms with Crippen LogP contribution in [0.25, 0.3) is 0 Å². The highest BCUT2D eigenvalue weighted by Crippen LogP contribution is 2.11. The van der Waals surface area contributed by atoms with E-state index in [2.05, 4.69) is 22.9 Å². The Hall–Kier alpha value is -0.370. The van der Waals surface area contributed by atoms with E-state index in [0.29, 0.717) is 4.83 Å². The van der Waals surface area contributed by atoms with Crippen molar-refractivity contribution in [2.75, 3.05) is 0 Å². The van der Waals surface area contributed by atoms with Gasteiger partial charge in [-0.05, 0) is 37.0 Å². The second-order valence-electron chi connectivity index (χ2n) is 3.30. The van der Waals surface area contributed by atoms with E-state index in [9.17, 15) is 4.39 Å². The quantitative estimate of drug-likeness (QED) is 0.705. The highest BCUT2D eigenvalue weighted by molar-refractivity contribution is 9.09. The molecule has 0 heterocycles. The maximum Gasteiger partial charge on any atom is 0.123 e. The third kappa shape index (κ3) is 4.41. The number of rotatable bonds is 4. The van der Waals surface area contributed by atoms with Gasteiger partial charge in [0.15, 0.2) is 0 Å². The smallest absolute Gasteiger partial charge is 0.123 e. The second-order valence-corrected chi connectivity index (χ2v) is 4.86. The van der Waals surface area contributed by atoms with Crippen LogP contribution < -0.4 is 0 Å². The summed E-state index contributed by atoms with van der Waals surface area (Å²) < 4.78 is 12.5. The SMILES string of the molecule is CC(Br)CCCc1ccc(F)cc1. The molecule has 0 aromatic heterocycles. The van der Waals surface area contributed by atoms with Crippen LogP contribution in [0.4, 0.5) is 4.39 Å². The van der Waals surface area contributed by atoms with Gasteiger partial charge < -0.3 is 0 Å². The summed E-state index contributed by atoms with van der Waals surface area (Å²) in [6.07, 6.45) is 3.35. The fourth-order valence-electron chi connectivity index (χ4n) is 1.24. The van der Waals surface area contributed by atoms with Crippen molar-refractivity contribution in [3.8, 4) is 0 Å². The van der Waals surface area contributed by atoms with E-state index in [1.807, 2.05) is 12.1 Å². The normalized spacial score (nSPS) is 12.8. The molecule has 1 atom stereocenters. The van der Waals surface area contributed by atoms with Gasteiger partial charge in [0.1, 0.15) is 5.82 Å². The van der Waals surface area contributed by atoms with Crippen LogP contribution in [0.1, 0.15) is 25.3 Å². The molecule has 0 radical (unpaired) electrons. The molecule has 0 nitrogen and oxygen atoms in total. The van der Waals surface area contributed by atoms with Gasteiger partial charge >= 0.3 is 0 Å². The van der Waals surface area contributed by atoms with Gasteiger partial charge in [0.25, 0.3) is 0 Å². The molecule has 0 aliphatic rings. The molecular weight excluding hydrogens is 231 g/mol. The predicted molar refractivity (Wildman–Crippen MR) is 57.7 cm³/mol. The lowest BCUT2D eigenvalue weighted by Crippen LogP contribution is -1.92. The van der Waals surface area contributed by atoms with Crippen molar-refractivity contribution >= 4 is 15.9 Å². The zero-order valence-electron chi connectivity index (χ0n) is 7.76. The van der Waals surface area contributed by atoms with Crippen molar-refractivity contribution in [1.29, 1.82) is 0 Å². The summed E-state index contributed by atoms with van der Waals surface area (Å²) in [6, 6.07) is 6.75. The fraction of sp³-hybridized carbons (Fsp3) is 0.455. The molecule has 0 aliphatic carbocycles. The summed E-state index contributed by atoms with van der Waals surface area (Å²) in [5.41, 5.74) is 1.22. The van der Waals surface area contributed by atoms with Crippen LogP contribution in [0, 0.1) is 5.82 Å². The van der Waals surface area contributed by atoms with Crippen LogP contribution in [0.15, 0.2) is 24.3 Å². The maximum absolute atomic E-state index is 12.5. The lowest BCUT2D eigenvalue weighted by Gasteiger charge is -2.02. The van der Waals surface area contributed by atoms with Gasteiger partial charge in [-0.2, -0.15) is 0 Å². The first-order valence-electron chi connectivity index (χ1n) is 4.57. The van der Waals surface area contributed by atoms with Gasteiger partial charge in [0.05, 0.1) is 0 Å². The first-order valence-corrected chi connectivity index (χ1v) is 5.48. The summed E-state index contributed by atoms with van der Waals surface area (Å²) in [5.74, 6) is -0.155. The monoisotopic (exact) mass is 244 g/mol. The Morgan fingerprint density at radius 2 is 1.92 bits per heavy atom. The first-order chi connectivity index (χ1) is 6.18. The van der Waals surface area contributed by atoms with E-state index >= 15 is 0 Å². The number of benzene rings is 1. The van der Waals surface area contributed by atoms with Gasteiger partial charge in [-0.3, -0.25) is 0 Å². The summed E-state index contributed by atoms with van der Waals surface area (Å²) in [7, 11) is 0. The van der Waals surface area contributed by atoms with Gasteiger partial charge in [0, 0.05) is 4.83 Å². The standard InChI is InChI=1S/C11H14BrF/c1-9(12)3-2-4-10-5-7-11(13)8-6-10/h5-9H,2-4H2,1H3. The minimum atomic E-state index is -0.155. The Balaban J connectivity index is 2.33. The molecule has 2 heteroatoms. The molecule has 0 fully saturated rings. The fourth-order valence-corrected chi connectivity index (χ4v) is 1.56. The molecule has 0 saturated heterocycles. The molecule has 1 aromatic rings. The van der Waals surface area contributed by atoms with Gasteiger partial charge in [0.2, 0.25) is 0 Å². The molecule has 72 valence electrons. The Morgan fingerprint density at radius 1 is 1.31 bits per heavy atom. The molecule has 0 saturated carbocycles. The molecule has 0 spiro atoms. The predicted octanol–water partition coefficient (Wildman–Crippen LogP) is 3.93. The van der Waals surface area contributed by atoms with Crippen LogP contribution in [-0.2, 0) is 6.42 Å². The highest BCUT2D eigenvalue weighted by Gasteiger charge is 1.97. The van der Waals surface area contributed by atoms with Crippen LogP contribution in [0.2, 0.25) is 0 Å². The van der Waals surface area contributed by atoms with Crippen molar-refractivity contribution in [3.05, 3.63) is 35.6 Å². The summed E-state index contributed by atoms with van der Waals surface area (Å²) in [5, 5.41) is 0. The van der Waals surface area contributed by atoms with E-state index in [1.54, 1.807) is 0 Å². The van der Waals surface area contributed by atoms with Gasteiger partial charge in [-0.1, -0.05) is 35.0 Å². The van der Waals surface area contributed by atoms with Crippen molar-refractivity contribution in [2.24, 2.45) is 0 Å². The molecule has 1 aromatic carbocycles. The Morgan fingerprint density at radius 3 is 2.46 bits per heavy atom. The Labute approximate surface area is 87.3 Å². The summed E-state index contributed by atoms with van der Waals surface area (Å²) >= 11 is 3.50. The zero-order chi connectivity index (χ0) is 9.68. The van der Waals surface area contributed by atoms with Crippen LogP contribution in [0.5, 0.6) is 0 Å². The van der Waals surface area contributed by atoms with Crippen LogP contribution in [-0.4, -0.2) is 4.83 Å². The van der Waals surface area contributed by atoms with Crippen molar-refractivity contribution < 1.29 is 4.39 Å². The molecule has 0 N–H and O–H groups in total. The highest BCUT2D eigenvalue weighted by atomic mass is 79.9. The molecular formula is C11H14BrF. The Bertz CT molecular complexity index is 241. The minimum Gasteiger partial charge on any atom is -0.207 e. The zero-order valence-corrected chi connectivity index (χ0v) is 9.35. The largest absolute Gasteiger partial charge is 0.207 e. The van der Waals surface area contributed by atoms with Crippen molar-refractivity contribution in [3.63, 3.8) is 0 Å². The maximum atomic E-state index is 12.5. The molecule has 0 bridgehead atoms. The molecule has 1 unspecified atom stereocenters. The second kappa shape index (κ2) is 5.38. The van der Waals surface area contributed by atoms with E-state index < -0.39 is 0 Å². The number of halogens is 2. The number of alkyl halides is 1. The van der Waals surface area contributed by atoms with Crippen molar-refractivity contribution in [1.82, 2.24) is 0 Å². The average molecular weight is 245 g/mol. The molecule has 0 amide bonds. The lowest BCUT2D eigenvalue weighted by molar-refractivity contribution is 0.626. The summed E-state index contributed by atoms with van der Waals surface area (Å²) in [4.78, 5) is 0.577. The third-order valence-corrected chi connectivity index (χ3v) is 2.44. The molecule has 0 aliphatic heterocycles. The van der Waals surface area contributed by atoms with Crippen LogP contribution >= 0.6 is 15.9 Å². The summed E-state index contributed by atoms with van der Waals surface area (Å²) in [6.45, 7) is 2.14. The van der Waals surface area contributed by atoms with Gasteiger partial charge in [-0.25, -0.2) is 4.39 Å². The Kier molecular flexibility index (Phi) is 4.43. The van der Waals surface area contributed by atoms with E-state index in [1.165, 1.54) is 17.7 Å². The lowest BCUT2D eigenvalue weighted by atomic mass is 10.1. The number of aryl methyl sites for hydroxylation is 1. The number of hydrogen-bond donors (Lipinski definition) is 0. The number of hydrogen-bond acceptors (Lipinski definition) is 0. The minimum absolute atomic E-state index is 0.155. The molecule has 1 rings (SSSR count). The van der Waals surface area contributed by atoms with Gasteiger partial charge in [-0.15, -0.1) is 0 Å². The topological polar surface area (TPSA) is 0 Å². The van der Waals surface area contributed by atoms with Crippen LogP contribution in [0.3, 0.4) is 0 Å². The van der Waals surface area contributed by atoms with E-state index in [4.69, 9.17) is 0 Å². The van der Waals surface area contributed by atoms with Crippen molar-refractivity contribution in [2.45, 2.75) is 31.0 Å². The third-order valence-electron chi connectivity index (χ3n) is 1.98.